The highest BCUT2D eigenvalue weighted by Crippen LogP contribution is 2.20. The van der Waals surface area contributed by atoms with E-state index in [0.717, 1.165) is 12.1 Å². The molecule has 3 nitrogen and oxygen atoms in total. The van der Waals surface area contributed by atoms with Gasteiger partial charge < -0.3 is 14.9 Å². The van der Waals surface area contributed by atoms with Crippen LogP contribution in [-0.2, 0) is 0 Å². The van der Waals surface area contributed by atoms with Crippen molar-refractivity contribution in [2.75, 3.05) is 33.2 Å². The maximum Gasteiger partial charge on any atom is 0.0916 e. The molecule has 0 spiro atoms. The molecule has 4 heteroatoms. The Morgan fingerprint density at radius 2 is 1.90 bits per heavy atom. The topological polar surface area (TPSA) is 26.7 Å². The zero-order chi connectivity index (χ0) is 14.5. The fraction of sp³-hybridized carbons (Fsp3) is 0.625. The van der Waals surface area contributed by atoms with Crippen LogP contribution in [0.25, 0.3) is 0 Å². The summed E-state index contributed by atoms with van der Waals surface area (Å²) in [5, 5.41) is 11.0. The molecule has 0 bridgehead atoms. The fourth-order valence-corrected chi connectivity index (χ4v) is 3.01. The Kier molecular flexibility index (Phi) is 5.85. The normalized spacial score (nSPS) is 19.4. The van der Waals surface area contributed by atoms with Crippen molar-refractivity contribution in [2.45, 2.75) is 31.9 Å². The molecule has 1 aliphatic heterocycles. The molecule has 1 saturated heterocycles. The molecule has 0 aromatic heterocycles. The highest BCUT2D eigenvalue weighted by atomic mass is 35.5. The Balaban J connectivity index is 1.84. The van der Waals surface area contributed by atoms with Crippen molar-refractivity contribution in [3.05, 3.63) is 34.9 Å². The lowest BCUT2D eigenvalue weighted by atomic mass is 10.0. The summed E-state index contributed by atoms with van der Waals surface area (Å²) in [7, 11) is 2.12. The Morgan fingerprint density at radius 1 is 1.30 bits per heavy atom. The average Bonchev–Trinajstić information content (AvgIpc) is 2.48. The van der Waals surface area contributed by atoms with E-state index in [9.17, 15) is 5.11 Å². The SMILES string of the molecule is CCN1CCC(N(C)CC(O)c2ccc(Cl)cc2)CC1. The van der Waals surface area contributed by atoms with E-state index in [1.54, 1.807) is 0 Å². The van der Waals surface area contributed by atoms with Crippen molar-refractivity contribution in [1.29, 1.82) is 0 Å². The maximum atomic E-state index is 10.3. The van der Waals surface area contributed by atoms with E-state index < -0.39 is 6.10 Å². The van der Waals surface area contributed by atoms with Gasteiger partial charge in [0.25, 0.3) is 0 Å². The Bertz CT molecular complexity index is 401. The number of aliphatic hydroxyl groups excluding tert-OH is 1. The van der Waals surface area contributed by atoms with E-state index in [1.807, 2.05) is 24.3 Å². The van der Waals surface area contributed by atoms with Crippen LogP contribution in [0.3, 0.4) is 0 Å². The van der Waals surface area contributed by atoms with Crippen LogP contribution >= 0.6 is 11.6 Å². The lowest BCUT2D eigenvalue weighted by Gasteiger charge is -2.37. The third-order valence-corrected chi connectivity index (χ3v) is 4.60. The van der Waals surface area contributed by atoms with Crippen LogP contribution in [0.15, 0.2) is 24.3 Å². The Labute approximate surface area is 127 Å². The smallest absolute Gasteiger partial charge is 0.0916 e. The van der Waals surface area contributed by atoms with E-state index in [4.69, 9.17) is 11.6 Å². The standard InChI is InChI=1S/C16H25ClN2O/c1-3-19-10-8-15(9-11-19)18(2)12-16(20)13-4-6-14(17)7-5-13/h4-7,15-16,20H,3,8-12H2,1-2H3. The minimum absolute atomic E-state index is 0.443. The van der Waals surface area contributed by atoms with E-state index in [-0.39, 0.29) is 0 Å². The molecule has 1 N–H and O–H groups in total. The Hall–Kier alpha value is -0.610. The zero-order valence-corrected chi connectivity index (χ0v) is 13.2. The van der Waals surface area contributed by atoms with Gasteiger partial charge in [0.2, 0.25) is 0 Å². The van der Waals surface area contributed by atoms with E-state index in [0.29, 0.717) is 17.6 Å². The number of rotatable bonds is 5. The monoisotopic (exact) mass is 296 g/mol. The van der Waals surface area contributed by atoms with Gasteiger partial charge in [0.1, 0.15) is 0 Å². The molecule has 2 rings (SSSR count). The minimum atomic E-state index is -0.443. The quantitative estimate of drug-likeness (QED) is 0.905. The zero-order valence-electron chi connectivity index (χ0n) is 12.4. The molecule has 1 unspecified atom stereocenters. The summed E-state index contributed by atoms with van der Waals surface area (Å²) in [5.41, 5.74) is 0.937. The third kappa shape index (κ3) is 4.19. The van der Waals surface area contributed by atoms with Crippen LogP contribution in [0, 0.1) is 0 Å². The van der Waals surface area contributed by atoms with E-state index in [1.165, 1.54) is 25.9 Å². The summed E-state index contributed by atoms with van der Waals surface area (Å²) < 4.78 is 0. The summed E-state index contributed by atoms with van der Waals surface area (Å²) in [6.07, 6.45) is 1.94. The number of hydrogen-bond acceptors (Lipinski definition) is 3. The van der Waals surface area contributed by atoms with Crippen molar-refractivity contribution < 1.29 is 5.11 Å². The first-order chi connectivity index (χ1) is 9.60. The first kappa shape index (κ1) is 15.8. The number of likely N-dealkylation sites (tertiary alicyclic amines) is 1. The molecule has 0 radical (unpaired) electrons. The number of halogens is 1. The minimum Gasteiger partial charge on any atom is -0.387 e. The molecule has 1 aliphatic rings. The summed E-state index contributed by atoms with van der Waals surface area (Å²) in [4.78, 5) is 4.78. The molecule has 1 atom stereocenters. The van der Waals surface area contributed by atoms with Gasteiger partial charge in [0.15, 0.2) is 0 Å². The number of nitrogens with zero attached hydrogens (tertiary/aromatic N) is 2. The van der Waals surface area contributed by atoms with Crippen LogP contribution in [-0.4, -0.2) is 54.2 Å². The van der Waals surface area contributed by atoms with E-state index in [2.05, 4.69) is 23.8 Å². The number of hydrogen-bond donors (Lipinski definition) is 1. The van der Waals surface area contributed by atoms with Gasteiger partial charge in [-0.3, -0.25) is 0 Å². The molecule has 20 heavy (non-hydrogen) atoms. The number of piperidine rings is 1. The summed E-state index contributed by atoms with van der Waals surface area (Å²) >= 11 is 5.87. The number of likely N-dealkylation sites (N-methyl/N-ethyl adjacent to an activating group) is 1. The molecule has 0 saturated carbocycles. The van der Waals surface area contributed by atoms with Gasteiger partial charge in [0.05, 0.1) is 6.10 Å². The lowest BCUT2D eigenvalue weighted by Crippen LogP contribution is -2.44. The largest absolute Gasteiger partial charge is 0.387 e. The summed E-state index contributed by atoms with van der Waals surface area (Å²) in [6.45, 7) is 6.38. The van der Waals surface area contributed by atoms with Crippen LogP contribution < -0.4 is 0 Å². The lowest BCUT2D eigenvalue weighted by molar-refractivity contribution is 0.0748. The van der Waals surface area contributed by atoms with Crippen molar-refractivity contribution in [2.24, 2.45) is 0 Å². The molecular weight excluding hydrogens is 272 g/mol. The van der Waals surface area contributed by atoms with Gasteiger partial charge in [-0.1, -0.05) is 30.7 Å². The third-order valence-electron chi connectivity index (χ3n) is 4.34. The van der Waals surface area contributed by atoms with Crippen molar-refractivity contribution in [1.82, 2.24) is 9.80 Å². The average molecular weight is 297 g/mol. The second kappa shape index (κ2) is 7.41. The van der Waals surface area contributed by atoms with Gasteiger partial charge in [0, 0.05) is 17.6 Å². The predicted octanol–water partition coefficient (Wildman–Crippen LogP) is 2.79. The fourth-order valence-electron chi connectivity index (χ4n) is 2.89. The number of aliphatic hydroxyl groups is 1. The molecule has 0 amide bonds. The van der Waals surface area contributed by atoms with E-state index >= 15 is 0 Å². The van der Waals surface area contributed by atoms with Crippen molar-refractivity contribution in [3.8, 4) is 0 Å². The predicted molar refractivity (Wildman–Crippen MR) is 84.2 cm³/mol. The molecule has 112 valence electrons. The second-order valence-corrected chi connectivity index (χ2v) is 6.11. The molecule has 1 heterocycles. The number of benzene rings is 1. The van der Waals surface area contributed by atoms with Gasteiger partial charge in [-0.25, -0.2) is 0 Å². The molecular formula is C16H25ClN2O. The van der Waals surface area contributed by atoms with Gasteiger partial charge >= 0.3 is 0 Å². The van der Waals surface area contributed by atoms with Crippen LogP contribution in [0.4, 0.5) is 0 Å². The first-order valence-electron chi connectivity index (χ1n) is 7.46. The second-order valence-electron chi connectivity index (χ2n) is 5.67. The summed E-state index contributed by atoms with van der Waals surface area (Å²) in [5.74, 6) is 0. The maximum absolute atomic E-state index is 10.3. The van der Waals surface area contributed by atoms with Crippen LogP contribution in [0.2, 0.25) is 5.02 Å². The molecule has 1 fully saturated rings. The van der Waals surface area contributed by atoms with Crippen molar-refractivity contribution in [3.63, 3.8) is 0 Å². The summed E-state index contributed by atoms with van der Waals surface area (Å²) in [6, 6.07) is 8.06. The molecule has 1 aromatic carbocycles. The highest BCUT2D eigenvalue weighted by Gasteiger charge is 2.23. The van der Waals surface area contributed by atoms with Crippen LogP contribution in [0.1, 0.15) is 31.4 Å². The van der Waals surface area contributed by atoms with Gasteiger partial charge in [-0.05, 0) is 57.2 Å². The van der Waals surface area contributed by atoms with Gasteiger partial charge in [-0.15, -0.1) is 0 Å². The first-order valence-corrected chi connectivity index (χ1v) is 7.84. The molecule has 0 aliphatic carbocycles. The van der Waals surface area contributed by atoms with Crippen molar-refractivity contribution >= 4 is 11.6 Å². The van der Waals surface area contributed by atoms with Gasteiger partial charge in [-0.2, -0.15) is 0 Å². The van der Waals surface area contributed by atoms with Crippen LogP contribution in [0.5, 0.6) is 0 Å². The highest BCUT2D eigenvalue weighted by molar-refractivity contribution is 6.30. The molecule has 1 aromatic rings. The Morgan fingerprint density at radius 3 is 2.45 bits per heavy atom.